The number of benzene rings is 2. The van der Waals surface area contributed by atoms with Crippen LogP contribution in [0.5, 0.6) is 17.2 Å². The molecule has 0 amide bonds. The molecule has 0 saturated carbocycles. The molecule has 0 unspecified atom stereocenters. The molecule has 0 fully saturated rings. The summed E-state index contributed by atoms with van der Waals surface area (Å²) in [5.74, 6) is -0.755. The molecule has 2 aromatic rings. The first-order valence-electron chi connectivity index (χ1n) is 6.67. The van der Waals surface area contributed by atoms with Crippen LogP contribution < -0.4 is 0 Å². The van der Waals surface area contributed by atoms with E-state index in [1.54, 1.807) is 6.07 Å². The predicted octanol–water partition coefficient (Wildman–Crippen LogP) is 3.50. The second-order valence-electron chi connectivity index (χ2n) is 4.98. The third-order valence-electron chi connectivity index (χ3n) is 3.41. The molecule has 4 heteroatoms. The fraction of sp³-hybridized carbons (Fsp3) is 0.312. The lowest BCUT2D eigenvalue weighted by molar-refractivity contribution is 0.101. The lowest BCUT2D eigenvalue weighted by Gasteiger charge is -2.13. The predicted molar refractivity (Wildman–Crippen MR) is 77.6 cm³/mol. The van der Waals surface area contributed by atoms with Crippen molar-refractivity contribution >= 4 is 16.6 Å². The summed E-state index contributed by atoms with van der Waals surface area (Å²) in [4.78, 5) is 11.8. The van der Waals surface area contributed by atoms with Crippen molar-refractivity contribution in [3.63, 3.8) is 0 Å². The van der Waals surface area contributed by atoms with E-state index < -0.39 is 0 Å². The monoisotopic (exact) mass is 274 g/mol. The van der Waals surface area contributed by atoms with E-state index in [1.807, 2.05) is 6.92 Å². The van der Waals surface area contributed by atoms with E-state index in [9.17, 15) is 20.1 Å². The first kappa shape index (κ1) is 14.2. The number of ketones is 1. The van der Waals surface area contributed by atoms with E-state index in [0.29, 0.717) is 11.8 Å². The van der Waals surface area contributed by atoms with E-state index in [4.69, 9.17) is 0 Å². The van der Waals surface area contributed by atoms with E-state index in [1.165, 1.54) is 13.0 Å². The van der Waals surface area contributed by atoms with Crippen molar-refractivity contribution in [1.29, 1.82) is 0 Å². The number of carbonyl (C=O) groups excluding carboxylic acids is 1. The van der Waals surface area contributed by atoms with Crippen molar-refractivity contribution in [3.05, 3.63) is 29.3 Å². The molecule has 0 spiro atoms. The molecule has 0 aliphatic carbocycles. The molecule has 0 aliphatic heterocycles. The number of unbranched alkanes of at least 4 members (excludes halogenated alkanes) is 1. The number of phenols is 3. The Bertz CT molecular complexity index is 674. The zero-order valence-electron chi connectivity index (χ0n) is 11.6. The number of hydrogen-bond acceptors (Lipinski definition) is 4. The van der Waals surface area contributed by atoms with Crippen LogP contribution in [0.4, 0.5) is 0 Å². The van der Waals surface area contributed by atoms with Gasteiger partial charge in [0.1, 0.15) is 17.2 Å². The second kappa shape index (κ2) is 5.41. The van der Waals surface area contributed by atoms with Crippen molar-refractivity contribution in [3.8, 4) is 17.2 Å². The first-order chi connectivity index (χ1) is 9.45. The summed E-state index contributed by atoms with van der Waals surface area (Å²) in [6.45, 7) is 3.44. The molecule has 2 rings (SSSR count). The Morgan fingerprint density at radius 3 is 2.45 bits per heavy atom. The maximum atomic E-state index is 11.8. The minimum absolute atomic E-state index is 0.0774. The van der Waals surface area contributed by atoms with Crippen molar-refractivity contribution in [2.45, 2.75) is 33.1 Å². The van der Waals surface area contributed by atoms with E-state index >= 15 is 0 Å². The van der Waals surface area contributed by atoms with Crippen molar-refractivity contribution in [2.75, 3.05) is 0 Å². The van der Waals surface area contributed by atoms with Crippen LogP contribution in [0.2, 0.25) is 0 Å². The lowest BCUT2D eigenvalue weighted by atomic mass is 9.93. The number of phenolic OH excluding ortho intramolecular Hbond substituents is 3. The van der Waals surface area contributed by atoms with Crippen LogP contribution in [0.25, 0.3) is 10.8 Å². The molecule has 0 saturated heterocycles. The summed E-state index contributed by atoms with van der Waals surface area (Å²) in [6.07, 6.45) is 2.54. The summed E-state index contributed by atoms with van der Waals surface area (Å²) in [5, 5.41) is 30.4. The zero-order chi connectivity index (χ0) is 14.9. The molecule has 0 aromatic heterocycles. The minimum atomic E-state index is -0.234. The van der Waals surface area contributed by atoms with Gasteiger partial charge in [-0.15, -0.1) is 0 Å². The quantitative estimate of drug-likeness (QED) is 0.746. The molecule has 0 radical (unpaired) electrons. The van der Waals surface area contributed by atoms with Crippen LogP contribution in [0.3, 0.4) is 0 Å². The number of aromatic hydroxyl groups is 3. The highest BCUT2D eigenvalue weighted by atomic mass is 16.3. The summed E-state index contributed by atoms with van der Waals surface area (Å²) < 4.78 is 0. The first-order valence-corrected chi connectivity index (χ1v) is 6.67. The molecule has 0 aliphatic rings. The molecule has 3 N–H and O–H groups in total. The largest absolute Gasteiger partial charge is 0.508 e. The lowest BCUT2D eigenvalue weighted by Crippen LogP contribution is -2.01. The average molecular weight is 274 g/mol. The fourth-order valence-electron chi connectivity index (χ4n) is 2.50. The minimum Gasteiger partial charge on any atom is -0.508 e. The van der Waals surface area contributed by atoms with Crippen LogP contribution in [-0.4, -0.2) is 21.1 Å². The van der Waals surface area contributed by atoms with Gasteiger partial charge in [0, 0.05) is 6.07 Å². The number of Topliss-reactive ketones (excluding diaryl/α,β-unsaturated/α-hetero) is 1. The van der Waals surface area contributed by atoms with Gasteiger partial charge < -0.3 is 15.3 Å². The molecule has 106 valence electrons. The molecular weight excluding hydrogens is 256 g/mol. The summed E-state index contributed by atoms with van der Waals surface area (Å²) in [6, 6.07) is 4.37. The van der Waals surface area contributed by atoms with E-state index in [-0.39, 0.29) is 34.0 Å². The molecule has 0 heterocycles. The standard InChI is InChI=1S/C16H18O4/c1-3-4-5-10-6-11-7-12(18)8-13(19)15(11)16(20)14(10)9(2)17/h6-8,18-20H,3-5H2,1-2H3. The topological polar surface area (TPSA) is 77.8 Å². The number of carbonyl (C=O) groups is 1. The second-order valence-corrected chi connectivity index (χ2v) is 4.98. The highest BCUT2D eigenvalue weighted by molar-refractivity contribution is 6.07. The molecule has 0 bridgehead atoms. The van der Waals surface area contributed by atoms with Crippen LogP contribution in [0, 0.1) is 0 Å². The Labute approximate surface area is 117 Å². The van der Waals surface area contributed by atoms with Gasteiger partial charge in [0.15, 0.2) is 5.78 Å². The highest BCUT2D eigenvalue weighted by Gasteiger charge is 2.19. The highest BCUT2D eigenvalue weighted by Crippen LogP contribution is 2.40. The van der Waals surface area contributed by atoms with Crippen LogP contribution in [0.1, 0.15) is 42.6 Å². The third-order valence-corrected chi connectivity index (χ3v) is 3.41. The molecule has 2 aromatic carbocycles. The maximum Gasteiger partial charge on any atom is 0.163 e. The summed E-state index contributed by atoms with van der Waals surface area (Å²) in [7, 11) is 0. The zero-order valence-corrected chi connectivity index (χ0v) is 11.6. The van der Waals surface area contributed by atoms with Gasteiger partial charge in [0.05, 0.1) is 10.9 Å². The number of rotatable bonds is 4. The Kier molecular flexibility index (Phi) is 3.84. The molecule has 0 atom stereocenters. The van der Waals surface area contributed by atoms with Crippen LogP contribution in [0.15, 0.2) is 18.2 Å². The third kappa shape index (κ3) is 2.41. The van der Waals surface area contributed by atoms with Gasteiger partial charge in [-0.2, -0.15) is 0 Å². The normalized spacial score (nSPS) is 10.9. The molecule has 4 nitrogen and oxygen atoms in total. The maximum absolute atomic E-state index is 11.8. The average Bonchev–Trinajstić information content (AvgIpc) is 2.34. The van der Waals surface area contributed by atoms with Gasteiger partial charge in [0.25, 0.3) is 0 Å². The van der Waals surface area contributed by atoms with Gasteiger partial charge >= 0.3 is 0 Å². The number of fused-ring (bicyclic) bond motifs is 1. The van der Waals surface area contributed by atoms with Gasteiger partial charge in [-0.1, -0.05) is 13.3 Å². The van der Waals surface area contributed by atoms with Gasteiger partial charge in [0.2, 0.25) is 0 Å². The van der Waals surface area contributed by atoms with Gasteiger partial charge in [-0.25, -0.2) is 0 Å². The van der Waals surface area contributed by atoms with Crippen molar-refractivity contribution < 1.29 is 20.1 Å². The smallest absolute Gasteiger partial charge is 0.163 e. The van der Waals surface area contributed by atoms with Gasteiger partial charge in [-0.3, -0.25) is 4.79 Å². The van der Waals surface area contributed by atoms with E-state index in [2.05, 4.69) is 0 Å². The SMILES string of the molecule is CCCCc1cc2cc(O)cc(O)c2c(O)c1C(C)=O. The van der Waals surface area contributed by atoms with Gasteiger partial charge in [-0.05, 0) is 42.8 Å². The Balaban J connectivity index is 2.78. The fourth-order valence-corrected chi connectivity index (χ4v) is 2.50. The van der Waals surface area contributed by atoms with Crippen molar-refractivity contribution in [1.82, 2.24) is 0 Å². The number of hydrogen-bond donors (Lipinski definition) is 3. The van der Waals surface area contributed by atoms with Crippen LogP contribution >= 0.6 is 0 Å². The Hall–Kier alpha value is -2.23. The summed E-state index contributed by atoms with van der Waals surface area (Å²) >= 11 is 0. The molecule has 20 heavy (non-hydrogen) atoms. The van der Waals surface area contributed by atoms with E-state index in [0.717, 1.165) is 24.5 Å². The van der Waals surface area contributed by atoms with Crippen molar-refractivity contribution in [2.24, 2.45) is 0 Å². The number of aryl methyl sites for hydroxylation is 1. The Morgan fingerprint density at radius 2 is 1.85 bits per heavy atom. The summed E-state index contributed by atoms with van der Waals surface area (Å²) in [5.41, 5.74) is 1.00. The van der Waals surface area contributed by atoms with Crippen LogP contribution in [-0.2, 0) is 6.42 Å². The Morgan fingerprint density at radius 1 is 1.15 bits per heavy atom. The molecular formula is C16H18O4.